The van der Waals surface area contributed by atoms with Crippen molar-refractivity contribution < 1.29 is 0 Å². The summed E-state index contributed by atoms with van der Waals surface area (Å²) in [5.74, 6) is 0. The molecule has 1 saturated heterocycles. The molecule has 0 bridgehead atoms. The zero-order valence-corrected chi connectivity index (χ0v) is 12.8. The fourth-order valence-electron chi connectivity index (χ4n) is 3.04. The molecule has 1 aliphatic carbocycles. The zero-order chi connectivity index (χ0) is 12.8. The summed E-state index contributed by atoms with van der Waals surface area (Å²) in [5.41, 5.74) is 0. The Morgan fingerprint density at radius 3 is 2.67 bits per heavy atom. The van der Waals surface area contributed by atoms with Crippen LogP contribution in [-0.2, 0) is 0 Å². The number of thioether (sulfide) groups is 1. The molecule has 0 aromatic carbocycles. The van der Waals surface area contributed by atoms with E-state index in [4.69, 9.17) is 0 Å². The second kappa shape index (κ2) is 7.73. The lowest BCUT2D eigenvalue weighted by atomic mass is 9.95. The van der Waals surface area contributed by atoms with Gasteiger partial charge in [-0.1, -0.05) is 6.42 Å². The quantitative estimate of drug-likeness (QED) is 0.816. The molecule has 2 atom stereocenters. The van der Waals surface area contributed by atoms with E-state index in [1.807, 2.05) is 0 Å². The van der Waals surface area contributed by atoms with Gasteiger partial charge in [0.25, 0.3) is 0 Å². The average molecular weight is 271 g/mol. The van der Waals surface area contributed by atoms with E-state index in [-0.39, 0.29) is 0 Å². The summed E-state index contributed by atoms with van der Waals surface area (Å²) < 4.78 is 0. The molecular formula is C14H29N3S. The predicted molar refractivity (Wildman–Crippen MR) is 81.5 cm³/mol. The van der Waals surface area contributed by atoms with Crippen LogP contribution in [0.25, 0.3) is 0 Å². The van der Waals surface area contributed by atoms with Crippen LogP contribution in [0.1, 0.15) is 25.7 Å². The van der Waals surface area contributed by atoms with Gasteiger partial charge in [-0.2, -0.15) is 11.8 Å². The maximum absolute atomic E-state index is 3.78. The highest BCUT2D eigenvalue weighted by Crippen LogP contribution is 2.26. The highest BCUT2D eigenvalue weighted by molar-refractivity contribution is 7.99. The van der Waals surface area contributed by atoms with E-state index in [1.54, 1.807) is 0 Å². The smallest absolute Gasteiger partial charge is 0.0110 e. The van der Waals surface area contributed by atoms with Crippen LogP contribution in [0.3, 0.4) is 0 Å². The largest absolute Gasteiger partial charge is 0.313 e. The van der Waals surface area contributed by atoms with Gasteiger partial charge in [0.1, 0.15) is 0 Å². The van der Waals surface area contributed by atoms with Crippen LogP contribution in [0.5, 0.6) is 0 Å². The Hall–Kier alpha value is 0.230. The molecule has 0 amide bonds. The van der Waals surface area contributed by atoms with Crippen LogP contribution in [-0.4, -0.2) is 73.7 Å². The van der Waals surface area contributed by atoms with Crippen LogP contribution in [0.2, 0.25) is 0 Å². The summed E-state index contributed by atoms with van der Waals surface area (Å²) in [6.07, 6.45) is 7.87. The Balaban J connectivity index is 1.57. The van der Waals surface area contributed by atoms with Gasteiger partial charge in [-0.05, 0) is 32.6 Å². The summed E-state index contributed by atoms with van der Waals surface area (Å²) in [4.78, 5) is 5.02. The van der Waals surface area contributed by atoms with E-state index in [0.717, 1.165) is 11.3 Å². The van der Waals surface area contributed by atoms with Crippen molar-refractivity contribution in [2.75, 3.05) is 52.6 Å². The van der Waals surface area contributed by atoms with Crippen molar-refractivity contribution in [3.05, 3.63) is 0 Å². The number of nitrogens with one attached hydrogen (secondary N) is 1. The lowest BCUT2D eigenvalue weighted by Gasteiger charge is -2.33. The average Bonchev–Trinajstić information content (AvgIpc) is 2.41. The zero-order valence-electron chi connectivity index (χ0n) is 12.0. The van der Waals surface area contributed by atoms with Crippen LogP contribution in [0.15, 0.2) is 0 Å². The monoisotopic (exact) mass is 271 g/mol. The number of likely N-dealkylation sites (N-methyl/N-ethyl adjacent to an activating group) is 1. The van der Waals surface area contributed by atoms with E-state index in [1.165, 1.54) is 65.0 Å². The molecule has 106 valence electrons. The molecule has 2 fully saturated rings. The molecule has 1 saturated carbocycles. The predicted octanol–water partition coefficient (Wildman–Crippen LogP) is 1.50. The molecular weight excluding hydrogens is 242 g/mol. The Morgan fingerprint density at radius 2 is 1.94 bits per heavy atom. The Bertz CT molecular complexity index is 229. The summed E-state index contributed by atoms with van der Waals surface area (Å²) in [6.45, 7) is 7.37. The number of nitrogens with zero attached hydrogens (tertiary/aromatic N) is 2. The van der Waals surface area contributed by atoms with Gasteiger partial charge in [0.05, 0.1) is 0 Å². The van der Waals surface area contributed by atoms with E-state index >= 15 is 0 Å². The second-order valence-electron chi connectivity index (χ2n) is 5.82. The van der Waals surface area contributed by atoms with Gasteiger partial charge >= 0.3 is 0 Å². The highest BCUT2D eigenvalue weighted by atomic mass is 32.2. The minimum absolute atomic E-state index is 0.781. The molecule has 2 aliphatic rings. The molecule has 1 heterocycles. The van der Waals surface area contributed by atoms with E-state index in [2.05, 4.69) is 40.2 Å². The topological polar surface area (TPSA) is 18.5 Å². The first-order valence-corrected chi connectivity index (χ1v) is 8.74. The summed E-state index contributed by atoms with van der Waals surface area (Å²) in [7, 11) is 2.22. The van der Waals surface area contributed by atoms with Crippen molar-refractivity contribution >= 4 is 11.8 Å². The highest BCUT2D eigenvalue weighted by Gasteiger charge is 2.21. The van der Waals surface area contributed by atoms with E-state index in [0.29, 0.717) is 0 Å². The van der Waals surface area contributed by atoms with Gasteiger partial charge in [0, 0.05) is 50.6 Å². The standard InChI is InChI=1S/C14H29N3S/c1-16-8-10-17(11-9-16)7-6-15-13-4-3-5-14(12-13)18-2/h13-15H,3-12H2,1-2H3. The van der Waals surface area contributed by atoms with Crippen LogP contribution < -0.4 is 5.32 Å². The van der Waals surface area contributed by atoms with E-state index in [9.17, 15) is 0 Å². The third-order valence-corrected chi connectivity index (χ3v) is 5.51. The minimum atomic E-state index is 0.781. The molecule has 3 nitrogen and oxygen atoms in total. The van der Waals surface area contributed by atoms with Crippen molar-refractivity contribution in [2.24, 2.45) is 0 Å². The Labute approximate surface area is 117 Å². The normalized spacial score (nSPS) is 31.7. The lowest BCUT2D eigenvalue weighted by molar-refractivity contribution is 0.153. The maximum Gasteiger partial charge on any atom is 0.0110 e. The minimum Gasteiger partial charge on any atom is -0.313 e. The molecule has 1 aliphatic heterocycles. The first-order valence-electron chi connectivity index (χ1n) is 7.45. The van der Waals surface area contributed by atoms with Crippen molar-refractivity contribution in [1.82, 2.24) is 15.1 Å². The molecule has 0 aromatic rings. The SMILES string of the molecule is CSC1CCCC(NCCN2CCN(C)CC2)C1. The van der Waals surface area contributed by atoms with Crippen LogP contribution >= 0.6 is 11.8 Å². The lowest BCUT2D eigenvalue weighted by Crippen LogP contribution is -2.47. The Kier molecular flexibility index (Phi) is 6.29. The molecule has 0 spiro atoms. The van der Waals surface area contributed by atoms with E-state index < -0.39 is 0 Å². The molecule has 0 aromatic heterocycles. The summed E-state index contributed by atoms with van der Waals surface area (Å²) >= 11 is 2.06. The molecule has 2 rings (SSSR count). The van der Waals surface area contributed by atoms with Crippen LogP contribution in [0, 0.1) is 0 Å². The Morgan fingerprint density at radius 1 is 1.17 bits per heavy atom. The fourth-order valence-corrected chi connectivity index (χ4v) is 3.87. The first kappa shape index (κ1) is 14.6. The first-order chi connectivity index (χ1) is 8.78. The number of piperazine rings is 1. The molecule has 1 N–H and O–H groups in total. The van der Waals surface area contributed by atoms with Crippen molar-refractivity contribution in [2.45, 2.75) is 37.0 Å². The van der Waals surface area contributed by atoms with Gasteiger partial charge in [0.15, 0.2) is 0 Å². The van der Waals surface area contributed by atoms with Crippen molar-refractivity contribution in [3.8, 4) is 0 Å². The second-order valence-corrected chi connectivity index (χ2v) is 6.96. The van der Waals surface area contributed by atoms with Crippen LogP contribution in [0.4, 0.5) is 0 Å². The fraction of sp³-hybridized carbons (Fsp3) is 1.00. The van der Waals surface area contributed by atoms with Gasteiger partial charge in [-0.25, -0.2) is 0 Å². The molecule has 4 heteroatoms. The van der Waals surface area contributed by atoms with Gasteiger partial charge in [0.2, 0.25) is 0 Å². The van der Waals surface area contributed by atoms with Gasteiger partial charge in [-0.3, -0.25) is 4.90 Å². The number of hydrogen-bond acceptors (Lipinski definition) is 4. The molecule has 18 heavy (non-hydrogen) atoms. The summed E-state index contributed by atoms with van der Waals surface area (Å²) in [5, 5.41) is 4.68. The molecule has 2 unspecified atom stereocenters. The van der Waals surface area contributed by atoms with Crippen molar-refractivity contribution in [1.29, 1.82) is 0 Å². The summed E-state index contributed by atoms with van der Waals surface area (Å²) in [6, 6.07) is 0.781. The third kappa shape index (κ3) is 4.72. The van der Waals surface area contributed by atoms with Gasteiger partial charge < -0.3 is 10.2 Å². The maximum atomic E-state index is 3.78. The molecule has 0 radical (unpaired) electrons. The number of rotatable bonds is 5. The number of hydrogen-bond donors (Lipinski definition) is 1. The van der Waals surface area contributed by atoms with Gasteiger partial charge in [-0.15, -0.1) is 0 Å². The van der Waals surface area contributed by atoms with Crippen molar-refractivity contribution in [3.63, 3.8) is 0 Å². The third-order valence-electron chi connectivity index (χ3n) is 4.42.